The van der Waals surface area contributed by atoms with Crippen LogP contribution in [0.3, 0.4) is 0 Å². The van der Waals surface area contributed by atoms with E-state index in [1.54, 1.807) is 24.5 Å². The van der Waals surface area contributed by atoms with Crippen molar-refractivity contribution in [2.45, 2.75) is 6.04 Å². The second-order valence-electron chi connectivity index (χ2n) is 5.92. The third-order valence-electron chi connectivity index (χ3n) is 4.31. The number of nitrogens with zero attached hydrogens (tertiary/aromatic N) is 4. The molecule has 1 aliphatic rings. The largest absolute Gasteiger partial charge is 0.379 e. The standard InChI is InChI=1S/C17H23N5O2S/c1-18-17(23)13-5-6-16(20-19-13)21(2)12-14(15-4-3-11-25-15)22-7-9-24-10-8-22/h3-6,11,14H,7-10,12H2,1-2H3,(H,18,23). The SMILES string of the molecule is CNC(=O)c1ccc(N(C)CC(c2cccs2)N2CCOCC2)nn1. The number of aromatic nitrogens is 2. The molecule has 0 aromatic carbocycles. The van der Waals surface area contributed by atoms with E-state index in [4.69, 9.17) is 4.74 Å². The van der Waals surface area contributed by atoms with Crippen LogP contribution in [0.15, 0.2) is 29.6 Å². The molecule has 1 saturated heterocycles. The Bertz CT molecular complexity index is 671. The van der Waals surface area contributed by atoms with Gasteiger partial charge in [0.2, 0.25) is 0 Å². The fourth-order valence-electron chi connectivity index (χ4n) is 2.89. The Morgan fingerprint density at radius 1 is 1.36 bits per heavy atom. The van der Waals surface area contributed by atoms with Crippen LogP contribution in [0.25, 0.3) is 0 Å². The summed E-state index contributed by atoms with van der Waals surface area (Å²) in [7, 11) is 3.59. The fourth-order valence-corrected chi connectivity index (χ4v) is 3.74. The van der Waals surface area contributed by atoms with Crippen molar-refractivity contribution in [3.8, 4) is 0 Å². The van der Waals surface area contributed by atoms with Crippen molar-refractivity contribution < 1.29 is 9.53 Å². The number of carbonyl (C=O) groups is 1. The Hall–Kier alpha value is -2.03. The lowest BCUT2D eigenvalue weighted by Crippen LogP contribution is -2.43. The number of amides is 1. The molecule has 1 N–H and O–H groups in total. The Balaban J connectivity index is 1.73. The summed E-state index contributed by atoms with van der Waals surface area (Å²) >= 11 is 1.77. The lowest BCUT2D eigenvalue weighted by molar-refractivity contribution is 0.0183. The molecule has 0 spiro atoms. The van der Waals surface area contributed by atoms with Crippen LogP contribution < -0.4 is 10.2 Å². The van der Waals surface area contributed by atoms with Gasteiger partial charge in [-0.25, -0.2) is 0 Å². The number of likely N-dealkylation sites (N-methyl/N-ethyl adjacent to an activating group) is 1. The highest BCUT2D eigenvalue weighted by molar-refractivity contribution is 7.10. The van der Waals surface area contributed by atoms with E-state index >= 15 is 0 Å². The first-order valence-corrected chi connectivity index (χ1v) is 9.19. The van der Waals surface area contributed by atoms with Crippen LogP contribution in [-0.2, 0) is 4.74 Å². The van der Waals surface area contributed by atoms with Gasteiger partial charge in [-0.1, -0.05) is 6.07 Å². The van der Waals surface area contributed by atoms with Crippen molar-refractivity contribution in [2.75, 3.05) is 51.8 Å². The molecule has 8 heteroatoms. The Morgan fingerprint density at radius 3 is 2.76 bits per heavy atom. The minimum Gasteiger partial charge on any atom is -0.379 e. The zero-order valence-electron chi connectivity index (χ0n) is 14.5. The van der Waals surface area contributed by atoms with Crippen molar-refractivity contribution in [2.24, 2.45) is 0 Å². The van der Waals surface area contributed by atoms with E-state index < -0.39 is 0 Å². The maximum absolute atomic E-state index is 11.6. The topological polar surface area (TPSA) is 70.6 Å². The second kappa shape index (κ2) is 8.37. The first-order valence-electron chi connectivity index (χ1n) is 8.31. The maximum atomic E-state index is 11.6. The first-order chi connectivity index (χ1) is 12.2. The van der Waals surface area contributed by atoms with E-state index in [1.165, 1.54) is 4.88 Å². The molecule has 0 saturated carbocycles. The number of anilines is 1. The average Bonchev–Trinajstić information content (AvgIpc) is 3.20. The molecule has 1 atom stereocenters. The normalized spacial score (nSPS) is 16.4. The van der Waals surface area contributed by atoms with Gasteiger partial charge in [-0.2, -0.15) is 0 Å². The summed E-state index contributed by atoms with van der Waals surface area (Å²) in [6.45, 7) is 4.20. The smallest absolute Gasteiger partial charge is 0.271 e. The fraction of sp³-hybridized carbons (Fsp3) is 0.471. The minimum atomic E-state index is -0.230. The van der Waals surface area contributed by atoms with E-state index in [2.05, 4.69) is 42.8 Å². The molecule has 1 unspecified atom stereocenters. The highest BCUT2D eigenvalue weighted by atomic mass is 32.1. The summed E-state index contributed by atoms with van der Waals surface area (Å²) in [5, 5.41) is 12.9. The van der Waals surface area contributed by atoms with Crippen molar-refractivity contribution in [3.63, 3.8) is 0 Å². The minimum absolute atomic E-state index is 0.230. The van der Waals surface area contributed by atoms with Gasteiger partial charge in [0.25, 0.3) is 5.91 Å². The summed E-state index contributed by atoms with van der Waals surface area (Å²) in [5.74, 6) is 0.522. The number of morpholine rings is 1. The molecular formula is C17H23N5O2S. The van der Waals surface area contributed by atoms with Crippen LogP contribution >= 0.6 is 11.3 Å². The van der Waals surface area contributed by atoms with Crippen LogP contribution in [0.5, 0.6) is 0 Å². The van der Waals surface area contributed by atoms with Crippen LogP contribution in [-0.4, -0.2) is 67.9 Å². The third-order valence-corrected chi connectivity index (χ3v) is 5.28. The van der Waals surface area contributed by atoms with Gasteiger partial charge >= 0.3 is 0 Å². The summed E-state index contributed by atoms with van der Waals surface area (Å²) in [6.07, 6.45) is 0. The quantitative estimate of drug-likeness (QED) is 0.839. The Labute approximate surface area is 151 Å². The van der Waals surface area contributed by atoms with E-state index in [-0.39, 0.29) is 11.9 Å². The van der Waals surface area contributed by atoms with Crippen LogP contribution in [0.4, 0.5) is 5.82 Å². The molecule has 0 aliphatic carbocycles. The Morgan fingerprint density at radius 2 is 2.16 bits per heavy atom. The van der Waals surface area contributed by atoms with Crippen LogP contribution in [0.1, 0.15) is 21.4 Å². The molecular weight excluding hydrogens is 338 g/mol. The molecule has 1 fully saturated rings. The van der Waals surface area contributed by atoms with Gasteiger partial charge in [0.1, 0.15) is 0 Å². The number of ether oxygens (including phenoxy) is 1. The number of rotatable bonds is 6. The van der Waals surface area contributed by atoms with Gasteiger partial charge in [0.05, 0.1) is 19.3 Å². The van der Waals surface area contributed by atoms with Crippen molar-refractivity contribution in [1.29, 1.82) is 0 Å². The molecule has 3 heterocycles. The Kier molecular flexibility index (Phi) is 5.95. The van der Waals surface area contributed by atoms with Gasteiger partial charge in [-0.15, -0.1) is 21.5 Å². The van der Waals surface area contributed by atoms with Crippen molar-refractivity contribution in [3.05, 3.63) is 40.2 Å². The van der Waals surface area contributed by atoms with Crippen LogP contribution in [0.2, 0.25) is 0 Å². The number of hydrogen-bond acceptors (Lipinski definition) is 7. The average molecular weight is 361 g/mol. The molecule has 7 nitrogen and oxygen atoms in total. The van der Waals surface area contributed by atoms with Crippen molar-refractivity contribution >= 4 is 23.1 Å². The summed E-state index contributed by atoms with van der Waals surface area (Å²) in [5.41, 5.74) is 0.322. The number of nitrogens with one attached hydrogen (secondary N) is 1. The number of hydrogen-bond donors (Lipinski definition) is 1. The third kappa shape index (κ3) is 4.33. The van der Waals surface area contributed by atoms with Gasteiger partial charge in [0.15, 0.2) is 11.5 Å². The van der Waals surface area contributed by atoms with Gasteiger partial charge in [-0.3, -0.25) is 9.69 Å². The predicted octanol–water partition coefficient (Wildman–Crippen LogP) is 1.41. The maximum Gasteiger partial charge on any atom is 0.271 e. The zero-order chi connectivity index (χ0) is 17.6. The van der Waals surface area contributed by atoms with E-state index in [0.29, 0.717) is 5.69 Å². The second-order valence-corrected chi connectivity index (χ2v) is 6.90. The van der Waals surface area contributed by atoms with Gasteiger partial charge in [0, 0.05) is 38.6 Å². The van der Waals surface area contributed by atoms with E-state index in [9.17, 15) is 4.79 Å². The summed E-state index contributed by atoms with van der Waals surface area (Å²) in [6, 6.07) is 8.09. The van der Waals surface area contributed by atoms with E-state index in [1.807, 2.05) is 13.1 Å². The monoisotopic (exact) mass is 361 g/mol. The first kappa shape index (κ1) is 17.8. The summed E-state index contributed by atoms with van der Waals surface area (Å²) < 4.78 is 5.49. The molecule has 25 heavy (non-hydrogen) atoms. The molecule has 0 radical (unpaired) electrons. The van der Waals surface area contributed by atoms with Gasteiger partial charge in [-0.05, 0) is 23.6 Å². The highest BCUT2D eigenvalue weighted by Gasteiger charge is 2.25. The molecule has 3 rings (SSSR count). The van der Waals surface area contributed by atoms with Gasteiger partial charge < -0.3 is 15.0 Å². The molecule has 2 aromatic rings. The number of thiophene rings is 1. The lowest BCUT2D eigenvalue weighted by atomic mass is 10.1. The summed E-state index contributed by atoms with van der Waals surface area (Å²) in [4.78, 5) is 17.5. The lowest BCUT2D eigenvalue weighted by Gasteiger charge is -2.36. The predicted molar refractivity (Wildman–Crippen MR) is 98.1 cm³/mol. The zero-order valence-corrected chi connectivity index (χ0v) is 15.3. The molecule has 2 aromatic heterocycles. The van der Waals surface area contributed by atoms with Crippen LogP contribution in [0, 0.1) is 0 Å². The molecule has 1 amide bonds. The molecule has 1 aliphatic heterocycles. The number of carbonyl (C=O) groups excluding carboxylic acids is 1. The highest BCUT2D eigenvalue weighted by Crippen LogP contribution is 2.27. The molecule has 0 bridgehead atoms. The molecule has 134 valence electrons. The van der Waals surface area contributed by atoms with Crippen molar-refractivity contribution in [1.82, 2.24) is 20.4 Å². The van der Waals surface area contributed by atoms with E-state index in [0.717, 1.165) is 38.7 Å².